The predicted molar refractivity (Wildman–Crippen MR) is 94.2 cm³/mol. The van der Waals surface area contributed by atoms with Crippen molar-refractivity contribution in [3.8, 4) is 0 Å². The summed E-state index contributed by atoms with van der Waals surface area (Å²) in [6.07, 6.45) is 2.51. The van der Waals surface area contributed by atoms with Crippen LogP contribution >= 0.6 is 24.0 Å². The van der Waals surface area contributed by atoms with Crippen molar-refractivity contribution in [2.75, 3.05) is 13.6 Å². The zero-order valence-electron chi connectivity index (χ0n) is 12.6. The average Bonchev–Trinajstić information content (AvgIpc) is 3.08. The minimum absolute atomic E-state index is 0. The molecule has 2 aromatic rings. The van der Waals surface area contributed by atoms with Crippen LogP contribution in [0.15, 0.2) is 44.4 Å². The van der Waals surface area contributed by atoms with Gasteiger partial charge in [-0.3, -0.25) is 4.99 Å². The number of hydrogen-bond donors (Lipinski definition) is 2. The zero-order valence-corrected chi connectivity index (χ0v) is 14.9. The predicted octanol–water partition coefficient (Wildman–Crippen LogP) is 3.27. The third-order valence-electron chi connectivity index (χ3n) is 3.01. The van der Waals surface area contributed by atoms with Gasteiger partial charge in [-0.1, -0.05) is 0 Å². The second-order valence-electron chi connectivity index (χ2n) is 4.64. The summed E-state index contributed by atoms with van der Waals surface area (Å²) < 4.78 is 10.9. The second kappa shape index (κ2) is 8.76. The Hall–Kier alpha value is -1.44. The molecule has 1 unspecified atom stereocenters. The third kappa shape index (κ3) is 5.45. The fraction of sp³-hybridized carbons (Fsp3) is 0.400. The van der Waals surface area contributed by atoms with Crippen LogP contribution in [0, 0.1) is 6.92 Å². The Morgan fingerprint density at radius 1 is 1.33 bits per heavy atom. The first kappa shape index (κ1) is 17.6. The highest BCUT2D eigenvalue weighted by Crippen LogP contribution is 2.15. The number of halogens is 1. The number of furan rings is 2. The molecule has 0 aliphatic carbocycles. The molecule has 21 heavy (non-hydrogen) atoms. The highest BCUT2D eigenvalue weighted by molar-refractivity contribution is 14.0. The number of guanidine groups is 1. The van der Waals surface area contributed by atoms with Crippen LogP contribution in [-0.2, 0) is 6.42 Å². The fourth-order valence-electron chi connectivity index (χ4n) is 1.92. The van der Waals surface area contributed by atoms with E-state index in [1.165, 1.54) is 0 Å². The molecular weight excluding hydrogens is 381 g/mol. The van der Waals surface area contributed by atoms with E-state index >= 15 is 0 Å². The smallest absolute Gasteiger partial charge is 0.191 e. The molecule has 0 saturated heterocycles. The number of hydrogen-bond acceptors (Lipinski definition) is 3. The lowest BCUT2D eigenvalue weighted by Crippen LogP contribution is -2.39. The highest BCUT2D eigenvalue weighted by atomic mass is 127. The highest BCUT2D eigenvalue weighted by Gasteiger charge is 2.11. The molecule has 2 heterocycles. The van der Waals surface area contributed by atoms with E-state index in [1.54, 1.807) is 13.3 Å². The van der Waals surface area contributed by atoms with Gasteiger partial charge in [-0.15, -0.1) is 24.0 Å². The molecular formula is C15H22IN3O2. The topological polar surface area (TPSA) is 62.7 Å². The van der Waals surface area contributed by atoms with Gasteiger partial charge in [-0.25, -0.2) is 0 Å². The van der Waals surface area contributed by atoms with Gasteiger partial charge >= 0.3 is 0 Å². The minimum Gasteiger partial charge on any atom is -0.469 e. The van der Waals surface area contributed by atoms with E-state index in [2.05, 4.69) is 15.6 Å². The SMILES string of the molecule is CN=C(NCCc1ccco1)NC(C)c1ccc(C)o1.I. The van der Waals surface area contributed by atoms with Crippen molar-refractivity contribution in [2.45, 2.75) is 26.3 Å². The van der Waals surface area contributed by atoms with Crippen LogP contribution in [0.5, 0.6) is 0 Å². The van der Waals surface area contributed by atoms with E-state index in [0.717, 1.165) is 36.2 Å². The number of aryl methyl sites for hydroxylation is 1. The number of nitrogens with one attached hydrogen (secondary N) is 2. The Kier molecular flexibility index (Phi) is 7.35. The molecule has 0 radical (unpaired) electrons. The van der Waals surface area contributed by atoms with Gasteiger partial charge in [0.25, 0.3) is 0 Å². The van der Waals surface area contributed by atoms with Gasteiger partial charge in [0.15, 0.2) is 5.96 Å². The van der Waals surface area contributed by atoms with Crippen molar-refractivity contribution in [2.24, 2.45) is 4.99 Å². The quantitative estimate of drug-likeness (QED) is 0.457. The van der Waals surface area contributed by atoms with Gasteiger partial charge in [0.2, 0.25) is 0 Å². The third-order valence-corrected chi connectivity index (χ3v) is 3.01. The minimum atomic E-state index is 0. The molecule has 2 rings (SSSR count). The van der Waals surface area contributed by atoms with E-state index in [1.807, 2.05) is 38.1 Å². The molecule has 1 atom stereocenters. The maximum absolute atomic E-state index is 5.59. The molecule has 116 valence electrons. The molecule has 5 nitrogen and oxygen atoms in total. The Bertz CT molecular complexity index is 549. The molecule has 0 aliphatic rings. The first-order valence-corrected chi connectivity index (χ1v) is 6.75. The largest absolute Gasteiger partial charge is 0.469 e. The summed E-state index contributed by atoms with van der Waals surface area (Å²) in [4.78, 5) is 4.20. The van der Waals surface area contributed by atoms with Gasteiger partial charge in [0, 0.05) is 20.0 Å². The van der Waals surface area contributed by atoms with Gasteiger partial charge in [0.05, 0.1) is 12.3 Å². The first-order chi connectivity index (χ1) is 9.69. The lowest BCUT2D eigenvalue weighted by Gasteiger charge is -2.16. The van der Waals surface area contributed by atoms with Gasteiger partial charge in [-0.2, -0.15) is 0 Å². The summed E-state index contributed by atoms with van der Waals surface area (Å²) in [5.41, 5.74) is 0. The van der Waals surface area contributed by atoms with Crippen molar-refractivity contribution < 1.29 is 8.83 Å². The Labute approximate surface area is 142 Å². The lowest BCUT2D eigenvalue weighted by atomic mass is 10.2. The Morgan fingerprint density at radius 2 is 2.14 bits per heavy atom. The summed E-state index contributed by atoms with van der Waals surface area (Å²) in [6.45, 7) is 4.74. The summed E-state index contributed by atoms with van der Waals surface area (Å²) in [5.74, 6) is 3.52. The van der Waals surface area contributed by atoms with Crippen LogP contribution in [0.1, 0.15) is 30.2 Å². The van der Waals surface area contributed by atoms with Crippen LogP contribution in [0.4, 0.5) is 0 Å². The molecule has 2 N–H and O–H groups in total. The number of aliphatic imine (C=N–C) groups is 1. The van der Waals surface area contributed by atoms with E-state index in [-0.39, 0.29) is 30.0 Å². The van der Waals surface area contributed by atoms with E-state index in [0.29, 0.717) is 0 Å². The molecule has 0 aromatic carbocycles. The van der Waals surface area contributed by atoms with Crippen LogP contribution in [0.2, 0.25) is 0 Å². The average molecular weight is 403 g/mol. The van der Waals surface area contributed by atoms with E-state index in [9.17, 15) is 0 Å². The molecule has 2 aromatic heterocycles. The summed E-state index contributed by atoms with van der Waals surface area (Å²) in [5, 5.41) is 6.54. The molecule has 0 spiro atoms. The van der Waals surface area contributed by atoms with Gasteiger partial charge in [-0.05, 0) is 38.1 Å². The van der Waals surface area contributed by atoms with Crippen molar-refractivity contribution in [1.82, 2.24) is 10.6 Å². The maximum atomic E-state index is 5.59. The van der Waals surface area contributed by atoms with Gasteiger partial charge in [0.1, 0.15) is 17.3 Å². The molecule has 0 bridgehead atoms. The van der Waals surface area contributed by atoms with Crippen molar-refractivity contribution in [1.29, 1.82) is 0 Å². The lowest BCUT2D eigenvalue weighted by molar-refractivity contribution is 0.441. The van der Waals surface area contributed by atoms with Crippen LogP contribution in [0.25, 0.3) is 0 Å². The van der Waals surface area contributed by atoms with Crippen LogP contribution in [0.3, 0.4) is 0 Å². The standard InChI is InChI=1S/C15H21N3O2.HI/c1-11-6-7-14(20-11)12(2)18-15(16-3)17-9-8-13-5-4-10-19-13;/h4-7,10,12H,8-9H2,1-3H3,(H2,16,17,18);1H. The van der Waals surface area contributed by atoms with Crippen molar-refractivity contribution in [3.63, 3.8) is 0 Å². The van der Waals surface area contributed by atoms with E-state index in [4.69, 9.17) is 8.83 Å². The van der Waals surface area contributed by atoms with Crippen molar-refractivity contribution >= 4 is 29.9 Å². The summed E-state index contributed by atoms with van der Waals surface area (Å²) in [6, 6.07) is 7.86. The van der Waals surface area contributed by atoms with Crippen LogP contribution < -0.4 is 10.6 Å². The maximum Gasteiger partial charge on any atom is 0.191 e. The summed E-state index contributed by atoms with van der Waals surface area (Å²) >= 11 is 0. The zero-order chi connectivity index (χ0) is 14.4. The van der Waals surface area contributed by atoms with E-state index < -0.39 is 0 Å². The molecule has 6 heteroatoms. The normalized spacial score (nSPS) is 12.6. The Morgan fingerprint density at radius 3 is 2.71 bits per heavy atom. The molecule has 0 fully saturated rings. The fourth-order valence-corrected chi connectivity index (χ4v) is 1.92. The Balaban J connectivity index is 0.00000220. The molecule has 0 amide bonds. The molecule has 0 aliphatic heterocycles. The monoisotopic (exact) mass is 403 g/mol. The number of nitrogens with zero attached hydrogens (tertiary/aromatic N) is 1. The summed E-state index contributed by atoms with van der Waals surface area (Å²) in [7, 11) is 1.75. The van der Waals surface area contributed by atoms with Gasteiger partial charge < -0.3 is 19.5 Å². The molecule has 0 saturated carbocycles. The second-order valence-corrected chi connectivity index (χ2v) is 4.64. The van der Waals surface area contributed by atoms with Crippen molar-refractivity contribution in [3.05, 3.63) is 47.8 Å². The first-order valence-electron chi connectivity index (χ1n) is 6.75. The number of rotatable bonds is 5. The van der Waals surface area contributed by atoms with Crippen LogP contribution in [-0.4, -0.2) is 19.6 Å².